The Hall–Kier alpha value is -4.54. The molecule has 0 aromatic rings. The van der Waals surface area contributed by atoms with Crippen LogP contribution in [0.25, 0.3) is 0 Å². The number of methoxy groups -OCH3 is 4. The van der Waals surface area contributed by atoms with E-state index in [1.54, 1.807) is 66.6 Å². The molecule has 0 radical (unpaired) electrons. The van der Waals surface area contributed by atoms with Crippen LogP contribution in [0.1, 0.15) is 155 Å². The van der Waals surface area contributed by atoms with Crippen molar-refractivity contribution in [2.24, 2.45) is 47.3 Å². The fraction of sp³-hybridized carbons (Fsp3) is 0.753. The number of hydrogen-bond acceptors (Lipinski definition) is 26. The monoisotopic (exact) mass is 1620 g/mol. The van der Waals surface area contributed by atoms with E-state index in [1.165, 1.54) is 0 Å². The first-order chi connectivity index (χ1) is 54.9. The summed E-state index contributed by atoms with van der Waals surface area (Å²) in [6.07, 6.45) is 21.1. The normalized spacial score (nSPS) is 45.0. The highest BCUT2D eigenvalue weighted by molar-refractivity contribution is 5.79. The number of aliphatic hydroxyl groups excluding tert-OH is 2. The van der Waals surface area contributed by atoms with Crippen molar-refractivity contribution < 1.29 is 125 Å². The van der Waals surface area contributed by atoms with Gasteiger partial charge in [-0.25, -0.2) is 0 Å². The smallest absolute Gasteiger partial charge is 0.316 e. The summed E-state index contributed by atoms with van der Waals surface area (Å²) in [6, 6.07) is 0. The third kappa shape index (κ3) is 21.0. The molecule has 26 nitrogen and oxygen atoms in total. The van der Waals surface area contributed by atoms with Crippen molar-refractivity contribution in [3.8, 4) is 0 Å². The summed E-state index contributed by atoms with van der Waals surface area (Å²) in [5.41, 5.74) is 0.382. The van der Waals surface area contributed by atoms with Crippen LogP contribution < -0.4 is 0 Å². The topological polar surface area (TPSA) is 300 Å². The van der Waals surface area contributed by atoms with E-state index in [9.17, 15) is 30.0 Å². The van der Waals surface area contributed by atoms with Gasteiger partial charge in [0, 0.05) is 90.6 Å². The fourth-order valence-corrected chi connectivity index (χ4v) is 18.7. The predicted octanol–water partition coefficient (Wildman–Crippen LogP) is 10.6. The molecule has 26 heteroatoms. The zero-order chi connectivity index (χ0) is 82.8. The first kappa shape index (κ1) is 91.2. The molecule has 0 unspecified atom stereocenters. The van der Waals surface area contributed by atoms with E-state index in [0.717, 1.165) is 17.6 Å². The van der Waals surface area contributed by atoms with Gasteiger partial charge in [-0.3, -0.25) is 9.59 Å². The molecule has 12 aliphatic rings. The lowest BCUT2D eigenvalue weighted by atomic mass is 9.71. The minimum Gasteiger partial charge on any atom is -0.462 e. The Morgan fingerprint density at radius 2 is 0.939 bits per heavy atom. The largest absolute Gasteiger partial charge is 0.462 e. The second-order valence-electron chi connectivity index (χ2n) is 34.3. The van der Waals surface area contributed by atoms with Crippen LogP contribution in [0, 0.1) is 47.3 Å². The summed E-state index contributed by atoms with van der Waals surface area (Å²) in [4.78, 5) is 28.5. The van der Waals surface area contributed by atoms with Gasteiger partial charge in [0.05, 0.1) is 101 Å². The van der Waals surface area contributed by atoms with Crippen LogP contribution in [-0.4, -0.2) is 259 Å². The number of ether oxygens (including phenoxy) is 20. The Balaban J connectivity index is 0.000000226. The van der Waals surface area contributed by atoms with Crippen molar-refractivity contribution in [2.45, 2.75) is 300 Å². The van der Waals surface area contributed by atoms with Gasteiger partial charge < -0.3 is 115 Å². The Kier molecular flexibility index (Phi) is 32.1. The molecule has 0 amide bonds. The van der Waals surface area contributed by atoms with E-state index in [4.69, 9.17) is 94.7 Å². The standard InChI is InChI=1S/C45H68O13.C44H66O13/c1-10-26(2)40-29(5)16-17-44(58-40)23-34-21-33(57-44)15-14-28(4)39(56-37-22-36(50-9)41(31(7)54-37)53-25-51-19-18-49-8)27(3)12-11-13-32-24-52-42-38(46)30(6)20-35(43(47)55-34)45(32,42)48;1-25(2)38-28(5)15-16-43(57-38)22-33-20-32(56-43)14-13-27(4)39(55-36-21-35(49-9)40(30(7)53-36)52-24-50-18-17-48-8)26(3)11-10-12-31-23-51-41-37(45)29(6)19-34(42(46)54-33)44(31,41)47/h11-14,16-17,20,26-27,29,31,33-42,46,48H,10,15,18-19,21-25H2,1-9H3;10-13,15-16,19,25-26,28,30,32-41,45,47H,14,17-18,20-24H2,1-9H3/b12-11+,28-14+,32-13+;11-10+,27-13+,31-12+/t26-,27-,29-,31-,33+,34-,35-,36-,37-,38+,39-,40+,41-,42+,44+,45+;26-,28-,30-,32+,33-,34-,35-,36-,37+,38+,39-,40-,41+,43+,44+/m00/s1. The molecule has 6 fully saturated rings. The summed E-state index contributed by atoms with van der Waals surface area (Å²) in [7, 11) is 6.57. The average Bonchev–Trinajstić information content (AvgIpc) is 1.62. The number of fused-ring (bicyclic) bond motifs is 4. The van der Waals surface area contributed by atoms with Crippen LogP contribution in [-0.2, 0) is 104 Å². The molecule has 4 N–H and O–H groups in total. The number of carbonyl (C=O) groups excluding carboxylic acids is 2. The van der Waals surface area contributed by atoms with Crippen LogP contribution in [0.5, 0.6) is 0 Å². The van der Waals surface area contributed by atoms with Gasteiger partial charge in [0.2, 0.25) is 0 Å². The number of hydrogen-bond donors (Lipinski definition) is 4. The SMILES string of the molecule is CC[C@H](C)[C@H]1O[C@]2(C=C[C@@H]1C)C[C@@H]1C[C@@H](C/C=C(\C)[C@@H](O[C@H]3C[C@H](OC)[C@@H](OCOCCOC)[C@H](C)O3)[C@@H](C)/C=C/C=C3\CO[C@@H]4[C@H](O)C(C)=C[C@@H](C(=O)O1)[C@]34O)O2.COCCOCO[C@H]1[C@H](C)O[C@@H](O[C@@H]2/C(C)=C/C[C@@H]3C[C@@H](C[C@]4(C=C[C@H](C)[C@@H](C(C)C)O4)O3)OC(=O)[C@@H]3C=C(C)[C@@H](O)[C@H]4OC/C(=C\C=C\[C@@H]2C)[C@]43O)C[C@@H]1OC. The zero-order valence-corrected chi connectivity index (χ0v) is 71.0. The Bertz CT molecular complexity index is 3540. The Labute approximate surface area is 681 Å². The van der Waals surface area contributed by atoms with Gasteiger partial charge in [0.15, 0.2) is 24.2 Å². The fourth-order valence-electron chi connectivity index (χ4n) is 18.7. The molecule has 4 bridgehead atoms. The molecule has 31 atom stereocenters. The average molecular weight is 1620 g/mol. The van der Waals surface area contributed by atoms with Crippen LogP contribution >= 0.6 is 0 Å². The van der Waals surface area contributed by atoms with Gasteiger partial charge in [0.25, 0.3) is 0 Å². The number of allylic oxidation sites excluding steroid dienone is 4. The van der Waals surface area contributed by atoms with Crippen LogP contribution in [0.3, 0.4) is 0 Å². The van der Waals surface area contributed by atoms with Crippen molar-refractivity contribution in [1.82, 2.24) is 0 Å². The lowest BCUT2D eigenvalue weighted by Gasteiger charge is -2.48. The second-order valence-corrected chi connectivity index (χ2v) is 34.3. The highest BCUT2D eigenvalue weighted by Gasteiger charge is 2.62. The molecule has 0 aromatic carbocycles. The highest BCUT2D eigenvalue weighted by atomic mass is 16.7. The maximum absolute atomic E-state index is 14.3. The molecule has 2 aliphatic carbocycles. The molecule has 2 spiro atoms. The third-order valence-corrected chi connectivity index (χ3v) is 25.5. The Morgan fingerprint density at radius 3 is 1.34 bits per heavy atom. The van der Waals surface area contributed by atoms with Crippen LogP contribution in [0.15, 0.2) is 119 Å². The van der Waals surface area contributed by atoms with Crippen molar-refractivity contribution in [1.29, 1.82) is 0 Å². The van der Waals surface area contributed by atoms with Crippen molar-refractivity contribution >= 4 is 11.9 Å². The third-order valence-electron chi connectivity index (χ3n) is 25.5. The van der Waals surface area contributed by atoms with Crippen molar-refractivity contribution in [3.63, 3.8) is 0 Å². The quantitative estimate of drug-likeness (QED) is 0.0359. The van der Waals surface area contributed by atoms with E-state index >= 15 is 0 Å². The summed E-state index contributed by atoms with van der Waals surface area (Å²) in [5.74, 6) is -4.99. The van der Waals surface area contributed by atoms with Crippen molar-refractivity contribution in [3.05, 3.63) is 119 Å². The lowest BCUT2D eigenvalue weighted by molar-refractivity contribution is -0.300. The first-order valence-corrected chi connectivity index (χ1v) is 42.0. The number of carbonyl (C=O) groups is 2. The van der Waals surface area contributed by atoms with Gasteiger partial charge in [-0.05, 0) is 112 Å². The van der Waals surface area contributed by atoms with Crippen molar-refractivity contribution in [2.75, 3.05) is 81.7 Å². The van der Waals surface area contributed by atoms with Gasteiger partial charge in [0.1, 0.15) is 85.5 Å². The van der Waals surface area contributed by atoms with Crippen LogP contribution in [0.2, 0.25) is 0 Å². The maximum Gasteiger partial charge on any atom is 0.316 e. The molecule has 12 rings (SSSR count). The molecule has 10 heterocycles. The first-order valence-electron chi connectivity index (χ1n) is 42.0. The highest BCUT2D eigenvalue weighted by Crippen LogP contribution is 2.50. The van der Waals surface area contributed by atoms with E-state index in [2.05, 4.69) is 86.6 Å². The molecule has 115 heavy (non-hydrogen) atoms. The number of esters is 2. The van der Waals surface area contributed by atoms with Gasteiger partial charge in [-0.2, -0.15) is 0 Å². The maximum atomic E-state index is 14.3. The molecule has 10 aliphatic heterocycles. The lowest BCUT2D eigenvalue weighted by Crippen LogP contribution is -2.58. The van der Waals surface area contributed by atoms with E-state index in [0.29, 0.717) is 100 Å². The number of rotatable bonds is 21. The molecule has 0 aromatic heterocycles. The minimum atomic E-state index is -1.82. The minimum absolute atomic E-state index is 0.0451. The van der Waals surface area contributed by atoms with Gasteiger partial charge in [-0.15, -0.1) is 0 Å². The molecule has 646 valence electrons. The summed E-state index contributed by atoms with van der Waals surface area (Å²) in [5, 5.41) is 47.2. The van der Waals surface area contributed by atoms with E-state index in [1.807, 2.05) is 57.2 Å². The second kappa shape index (κ2) is 40.4. The predicted molar refractivity (Wildman–Crippen MR) is 424 cm³/mol. The molecular formula is C89H134O26. The molecular weight excluding hydrogens is 1480 g/mol. The van der Waals surface area contributed by atoms with Gasteiger partial charge >= 0.3 is 11.9 Å². The zero-order valence-electron chi connectivity index (χ0n) is 71.0. The summed E-state index contributed by atoms with van der Waals surface area (Å²) >= 11 is 0. The molecule has 0 saturated carbocycles. The van der Waals surface area contributed by atoms with Crippen LogP contribution in [0.4, 0.5) is 0 Å². The van der Waals surface area contributed by atoms with E-state index < -0.39 is 108 Å². The Morgan fingerprint density at radius 1 is 0.522 bits per heavy atom. The molecule has 6 saturated heterocycles. The summed E-state index contributed by atoms with van der Waals surface area (Å²) < 4.78 is 124. The van der Waals surface area contributed by atoms with Gasteiger partial charge in [-0.1, -0.05) is 135 Å². The summed E-state index contributed by atoms with van der Waals surface area (Å²) in [6.45, 7) is 30.6. The number of aliphatic hydroxyl groups is 4. The van der Waals surface area contributed by atoms with E-state index in [-0.39, 0.29) is 123 Å².